The Labute approximate surface area is 182 Å². The summed E-state index contributed by atoms with van der Waals surface area (Å²) >= 11 is 0. The summed E-state index contributed by atoms with van der Waals surface area (Å²) in [7, 11) is 1.14. The lowest BCUT2D eigenvalue weighted by atomic mass is 10.1. The van der Waals surface area contributed by atoms with Crippen LogP contribution >= 0.6 is 0 Å². The van der Waals surface area contributed by atoms with Gasteiger partial charge < -0.3 is 15.4 Å². The molecule has 2 amide bonds. The summed E-state index contributed by atoms with van der Waals surface area (Å²) in [4.78, 5) is 51.4. The molecule has 1 aromatic carbocycles. The first-order chi connectivity index (χ1) is 15.4. The molecule has 0 spiro atoms. The van der Waals surface area contributed by atoms with Gasteiger partial charge in [0, 0.05) is 11.3 Å². The zero-order valence-corrected chi connectivity index (χ0v) is 17.8. The lowest BCUT2D eigenvalue weighted by molar-refractivity contribution is -0.137. The Morgan fingerprint density at radius 3 is 2.44 bits per heavy atom. The van der Waals surface area contributed by atoms with Crippen LogP contribution in [0.1, 0.15) is 13.8 Å². The van der Waals surface area contributed by atoms with E-state index in [1.54, 1.807) is 24.3 Å². The van der Waals surface area contributed by atoms with Gasteiger partial charge in [-0.3, -0.25) is 24.0 Å². The summed E-state index contributed by atoms with van der Waals surface area (Å²) in [6.07, 6.45) is 1.66. The van der Waals surface area contributed by atoms with E-state index >= 15 is 0 Å². The van der Waals surface area contributed by atoms with Gasteiger partial charge in [0.25, 0.3) is 11.5 Å². The normalized spacial score (nSPS) is 9.84. The minimum Gasteiger partial charge on any atom is -0.464 e. The van der Waals surface area contributed by atoms with Crippen LogP contribution in [0.3, 0.4) is 0 Å². The highest BCUT2D eigenvalue weighted by molar-refractivity contribution is 6.15. The topological polar surface area (TPSA) is 148 Å². The second kappa shape index (κ2) is 10.5. The third-order valence-electron chi connectivity index (χ3n) is 4.12. The Kier molecular flexibility index (Phi) is 7.77. The molecule has 32 heavy (non-hydrogen) atoms. The minimum absolute atomic E-state index is 0.134. The summed E-state index contributed by atoms with van der Waals surface area (Å²) in [5.41, 5.74) is 0.525. The van der Waals surface area contributed by atoms with Crippen molar-refractivity contribution in [3.63, 3.8) is 0 Å². The van der Waals surface area contributed by atoms with Gasteiger partial charge in [-0.05, 0) is 12.1 Å². The number of esters is 1. The summed E-state index contributed by atoms with van der Waals surface area (Å²) < 4.78 is 5.39. The Bertz CT molecular complexity index is 1240. The van der Waals surface area contributed by atoms with Gasteiger partial charge in [-0.2, -0.15) is 5.10 Å². The lowest BCUT2D eigenvalue weighted by Crippen LogP contribution is -2.32. The van der Waals surface area contributed by atoms with Gasteiger partial charge in [0.15, 0.2) is 5.65 Å². The molecule has 0 aliphatic heterocycles. The molecule has 0 radical (unpaired) electrons. The number of anilines is 1. The van der Waals surface area contributed by atoms with Crippen molar-refractivity contribution in [1.82, 2.24) is 25.1 Å². The maximum Gasteiger partial charge on any atom is 0.353 e. The van der Waals surface area contributed by atoms with E-state index in [1.165, 1.54) is 0 Å². The molecule has 0 aliphatic rings. The second-order valence-electron chi connectivity index (χ2n) is 5.93. The number of rotatable bonds is 7. The predicted molar refractivity (Wildman–Crippen MR) is 119 cm³/mol. The first-order valence-corrected chi connectivity index (χ1v) is 9.41. The number of hydrogen-bond donors (Lipinski definition) is 3. The first kappa shape index (κ1) is 23.7. The monoisotopic (exact) mass is 438 g/mol. The number of H-pyrrole nitrogens is 1. The maximum atomic E-state index is 13.0. The van der Waals surface area contributed by atoms with E-state index in [4.69, 9.17) is 0 Å². The zero-order chi connectivity index (χ0) is 23.8. The van der Waals surface area contributed by atoms with Crippen molar-refractivity contribution in [2.75, 3.05) is 12.4 Å². The number of ether oxygens (including phenoxy) is 1. The number of nitrogens with zero attached hydrogens (tertiary/aromatic N) is 3. The third kappa shape index (κ3) is 4.78. The quantitative estimate of drug-likeness (QED) is 0.289. The van der Waals surface area contributed by atoms with Gasteiger partial charge in [0.1, 0.15) is 23.1 Å². The molecule has 2 heterocycles. The summed E-state index contributed by atoms with van der Waals surface area (Å²) in [6, 6.07) is 6.65. The molecule has 0 saturated heterocycles. The fourth-order valence-corrected chi connectivity index (χ4v) is 2.61. The van der Waals surface area contributed by atoms with Crippen molar-refractivity contribution in [2.24, 2.45) is 0 Å². The van der Waals surface area contributed by atoms with Crippen LogP contribution in [0.4, 0.5) is 5.69 Å². The number of aromatic nitrogens is 4. The molecule has 3 N–H and O–H groups in total. The van der Waals surface area contributed by atoms with E-state index in [9.17, 15) is 19.2 Å². The number of carbonyl (C=O) groups is 3. The number of amides is 2. The van der Waals surface area contributed by atoms with Gasteiger partial charge in [-0.25, -0.2) is 9.78 Å². The summed E-state index contributed by atoms with van der Waals surface area (Å²) in [5.74, 6) is -1.66. The minimum atomic E-state index is -0.832. The molecule has 0 unspecified atom stereocenters. The van der Waals surface area contributed by atoms with Crippen molar-refractivity contribution in [2.45, 2.75) is 13.8 Å². The number of methoxy groups -OCH3 is 1. The summed E-state index contributed by atoms with van der Waals surface area (Å²) in [5, 5.41) is 11.6. The van der Waals surface area contributed by atoms with E-state index in [0.29, 0.717) is 23.4 Å². The largest absolute Gasteiger partial charge is 0.464 e. The Hall–Kier alpha value is -4.54. The van der Waals surface area contributed by atoms with Crippen molar-refractivity contribution >= 4 is 40.7 Å². The van der Waals surface area contributed by atoms with Gasteiger partial charge in [0.05, 0.1) is 12.8 Å². The van der Waals surface area contributed by atoms with Crippen LogP contribution in [-0.4, -0.2) is 45.1 Å². The van der Waals surface area contributed by atoms with Crippen LogP contribution in [0.25, 0.3) is 28.0 Å². The number of nitrogens with one attached hydrogen (secondary N) is 3. The molecule has 0 bridgehead atoms. The highest BCUT2D eigenvalue weighted by Gasteiger charge is 2.19. The fraction of sp³-hybridized carbons (Fsp3) is 0.143. The van der Waals surface area contributed by atoms with Gasteiger partial charge in [0.2, 0.25) is 6.41 Å². The molecule has 0 fully saturated rings. The molecular formula is C21H22N6O5. The number of carbonyl (C=O) groups excluding carboxylic acids is 3. The molecule has 2 aromatic heterocycles. The first-order valence-electron chi connectivity index (χ1n) is 9.41. The van der Waals surface area contributed by atoms with Crippen LogP contribution in [0.2, 0.25) is 0 Å². The zero-order valence-electron chi connectivity index (χ0n) is 17.8. The number of benzene rings is 1. The molecular weight excluding hydrogens is 416 g/mol. The number of aromatic amines is 1. The Morgan fingerprint density at radius 2 is 1.84 bits per heavy atom. The number of fused-ring (bicyclic) bond motifs is 1. The molecule has 0 saturated carbocycles. The average Bonchev–Trinajstić information content (AvgIpc) is 3.25. The van der Waals surface area contributed by atoms with Crippen molar-refractivity contribution in [3.8, 4) is 11.3 Å². The maximum absolute atomic E-state index is 13.0. The van der Waals surface area contributed by atoms with Crippen molar-refractivity contribution in [1.29, 1.82) is 0 Å². The van der Waals surface area contributed by atoms with Crippen LogP contribution in [0.5, 0.6) is 0 Å². The predicted octanol–water partition coefficient (Wildman–Crippen LogP) is 1.65. The SMILES string of the molecule is C=C(NC(=O)C(=C)n1cnc2n[nH]c(-c3ccc(NC=O)cc3)c2c1=O)C(=O)OC.CC. The molecule has 0 aliphatic carbocycles. The highest BCUT2D eigenvalue weighted by atomic mass is 16.5. The van der Waals surface area contributed by atoms with E-state index in [0.717, 1.165) is 18.0 Å². The Morgan fingerprint density at radius 1 is 1.19 bits per heavy atom. The van der Waals surface area contributed by atoms with Crippen LogP contribution < -0.4 is 16.2 Å². The molecule has 3 rings (SSSR count). The van der Waals surface area contributed by atoms with Crippen LogP contribution in [-0.2, 0) is 19.1 Å². The Balaban J connectivity index is 0.00000176. The summed E-state index contributed by atoms with van der Waals surface area (Å²) in [6.45, 7) is 11.0. The van der Waals surface area contributed by atoms with E-state index in [1.807, 2.05) is 13.8 Å². The molecule has 11 nitrogen and oxygen atoms in total. The smallest absolute Gasteiger partial charge is 0.353 e. The van der Waals surface area contributed by atoms with Crippen LogP contribution in [0.15, 0.2) is 54.2 Å². The highest BCUT2D eigenvalue weighted by Crippen LogP contribution is 2.24. The lowest BCUT2D eigenvalue weighted by Gasteiger charge is -2.10. The molecule has 11 heteroatoms. The van der Waals surface area contributed by atoms with E-state index in [2.05, 4.69) is 43.7 Å². The van der Waals surface area contributed by atoms with Gasteiger partial charge >= 0.3 is 5.97 Å². The second-order valence-corrected chi connectivity index (χ2v) is 5.93. The van der Waals surface area contributed by atoms with E-state index < -0.39 is 17.4 Å². The van der Waals surface area contributed by atoms with Crippen molar-refractivity contribution < 1.29 is 19.1 Å². The van der Waals surface area contributed by atoms with Crippen LogP contribution in [0, 0.1) is 0 Å². The van der Waals surface area contributed by atoms with Crippen molar-refractivity contribution in [3.05, 3.63) is 59.8 Å². The third-order valence-corrected chi connectivity index (χ3v) is 4.12. The molecule has 0 atom stereocenters. The fourth-order valence-electron chi connectivity index (χ4n) is 2.61. The molecule has 166 valence electrons. The van der Waals surface area contributed by atoms with Gasteiger partial charge in [-0.15, -0.1) is 0 Å². The standard InChI is InChI=1S/C19H16N6O5.C2H6/c1-10(19(29)30-3)22-17(27)11(2)25-8-20-16-14(18(25)28)15(23-24-16)12-4-6-13(7-5-12)21-9-26;1-2/h4-9H,1-2H2,3H3,(H,21,26)(H,22,27)(H,23,24);1-2H3. The average molecular weight is 438 g/mol. The molecule has 3 aromatic rings. The number of hydrogen-bond acceptors (Lipinski definition) is 7. The van der Waals surface area contributed by atoms with E-state index in [-0.39, 0.29) is 22.4 Å². The van der Waals surface area contributed by atoms with Gasteiger partial charge in [-0.1, -0.05) is 39.1 Å².